The van der Waals surface area contributed by atoms with Gasteiger partial charge in [0, 0.05) is 12.1 Å². The van der Waals surface area contributed by atoms with Gasteiger partial charge >= 0.3 is 0 Å². The molecule has 2 atom stereocenters. The van der Waals surface area contributed by atoms with E-state index in [0.29, 0.717) is 0 Å². The Labute approximate surface area is 78.1 Å². The Balaban J connectivity index is 0.000000561. The number of likely N-dealkylation sites (tertiary alicyclic amines) is 1. The standard InChI is InChI=1S/C9H19N.C2H6/c1-7(2)9-6-5-8(3)10(9)4;1-2/h7-9H,5-6H2,1-4H3;1-2H3. The SMILES string of the molecule is CC.CC(C)C1CCC(C)N1C. The molecular weight excluding hydrogens is 146 g/mol. The van der Waals surface area contributed by atoms with Crippen LogP contribution >= 0.6 is 0 Å². The molecular formula is C11H25N. The molecule has 1 fully saturated rings. The Morgan fingerprint density at radius 3 is 1.83 bits per heavy atom. The highest BCUT2D eigenvalue weighted by Gasteiger charge is 2.28. The van der Waals surface area contributed by atoms with E-state index in [9.17, 15) is 0 Å². The zero-order valence-electron chi connectivity index (χ0n) is 9.59. The highest BCUT2D eigenvalue weighted by molar-refractivity contribution is 4.84. The van der Waals surface area contributed by atoms with Gasteiger partial charge in [0.05, 0.1) is 0 Å². The molecule has 1 aliphatic heterocycles. The third-order valence-electron chi connectivity index (χ3n) is 2.87. The van der Waals surface area contributed by atoms with Crippen LogP contribution in [0.15, 0.2) is 0 Å². The molecule has 1 nitrogen and oxygen atoms in total. The predicted molar refractivity (Wildman–Crippen MR) is 56.4 cm³/mol. The zero-order valence-corrected chi connectivity index (χ0v) is 9.59. The van der Waals surface area contributed by atoms with Crippen LogP contribution in [0.2, 0.25) is 0 Å². The molecule has 0 aromatic carbocycles. The van der Waals surface area contributed by atoms with Crippen molar-refractivity contribution in [3.05, 3.63) is 0 Å². The maximum Gasteiger partial charge on any atom is 0.0119 e. The molecule has 1 aliphatic rings. The maximum atomic E-state index is 2.52. The minimum Gasteiger partial charge on any atom is -0.300 e. The summed E-state index contributed by atoms with van der Waals surface area (Å²) in [4.78, 5) is 2.52. The second-order valence-corrected chi connectivity index (χ2v) is 3.90. The van der Waals surface area contributed by atoms with Gasteiger partial charge in [0.1, 0.15) is 0 Å². The van der Waals surface area contributed by atoms with Crippen LogP contribution in [0.3, 0.4) is 0 Å². The molecule has 0 aromatic rings. The lowest BCUT2D eigenvalue weighted by Gasteiger charge is -2.26. The minimum absolute atomic E-state index is 0.812. The molecule has 1 rings (SSSR count). The molecule has 0 spiro atoms. The fraction of sp³-hybridized carbons (Fsp3) is 1.00. The molecule has 12 heavy (non-hydrogen) atoms. The first-order chi connectivity index (χ1) is 5.63. The summed E-state index contributed by atoms with van der Waals surface area (Å²) < 4.78 is 0. The minimum atomic E-state index is 0.812. The van der Waals surface area contributed by atoms with E-state index < -0.39 is 0 Å². The third kappa shape index (κ3) is 2.78. The first-order valence-electron chi connectivity index (χ1n) is 5.35. The average molecular weight is 171 g/mol. The lowest BCUT2D eigenvalue weighted by molar-refractivity contribution is 0.208. The van der Waals surface area contributed by atoms with Crippen LogP contribution in [0.4, 0.5) is 0 Å². The highest BCUT2D eigenvalue weighted by Crippen LogP contribution is 2.26. The normalized spacial score (nSPS) is 30.2. The van der Waals surface area contributed by atoms with Gasteiger partial charge < -0.3 is 4.90 Å². The van der Waals surface area contributed by atoms with Crippen LogP contribution in [-0.2, 0) is 0 Å². The number of nitrogens with zero attached hydrogens (tertiary/aromatic N) is 1. The quantitative estimate of drug-likeness (QED) is 0.586. The van der Waals surface area contributed by atoms with Gasteiger partial charge in [0.25, 0.3) is 0 Å². The van der Waals surface area contributed by atoms with Gasteiger partial charge in [0.15, 0.2) is 0 Å². The van der Waals surface area contributed by atoms with E-state index in [-0.39, 0.29) is 0 Å². The molecule has 1 heterocycles. The molecule has 1 heteroatoms. The van der Waals surface area contributed by atoms with Crippen LogP contribution in [0, 0.1) is 5.92 Å². The Hall–Kier alpha value is -0.0400. The van der Waals surface area contributed by atoms with Crippen molar-refractivity contribution in [3.63, 3.8) is 0 Å². The van der Waals surface area contributed by atoms with Gasteiger partial charge in [0.2, 0.25) is 0 Å². The second-order valence-electron chi connectivity index (χ2n) is 3.90. The van der Waals surface area contributed by atoms with Gasteiger partial charge in [-0.2, -0.15) is 0 Å². The van der Waals surface area contributed by atoms with E-state index in [1.165, 1.54) is 12.8 Å². The second kappa shape index (κ2) is 5.58. The number of hydrogen-bond donors (Lipinski definition) is 0. The monoisotopic (exact) mass is 171 g/mol. The van der Waals surface area contributed by atoms with Gasteiger partial charge in [-0.3, -0.25) is 0 Å². The Morgan fingerprint density at radius 1 is 1.17 bits per heavy atom. The summed E-state index contributed by atoms with van der Waals surface area (Å²) >= 11 is 0. The van der Waals surface area contributed by atoms with Crippen molar-refractivity contribution in [1.82, 2.24) is 4.90 Å². The fourth-order valence-electron chi connectivity index (χ4n) is 1.95. The molecule has 0 amide bonds. The largest absolute Gasteiger partial charge is 0.300 e. The zero-order chi connectivity index (χ0) is 9.72. The van der Waals surface area contributed by atoms with Crippen molar-refractivity contribution >= 4 is 0 Å². The van der Waals surface area contributed by atoms with Crippen molar-refractivity contribution in [2.24, 2.45) is 5.92 Å². The predicted octanol–water partition coefficient (Wildman–Crippen LogP) is 3.15. The molecule has 0 aromatic heterocycles. The molecule has 0 saturated carbocycles. The highest BCUT2D eigenvalue weighted by atomic mass is 15.2. The Morgan fingerprint density at radius 2 is 1.67 bits per heavy atom. The maximum absolute atomic E-state index is 2.52. The van der Waals surface area contributed by atoms with Gasteiger partial charge in [-0.15, -0.1) is 0 Å². The van der Waals surface area contributed by atoms with E-state index in [4.69, 9.17) is 0 Å². The Bertz CT molecular complexity index is 110. The summed E-state index contributed by atoms with van der Waals surface area (Å²) in [7, 11) is 2.25. The van der Waals surface area contributed by atoms with Gasteiger partial charge in [-0.1, -0.05) is 27.7 Å². The summed E-state index contributed by atoms with van der Waals surface area (Å²) in [5.74, 6) is 0.829. The van der Waals surface area contributed by atoms with Crippen LogP contribution in [0.5, 0.6) is 0 Å². The van der Waals surface area contributed by atoms with Crippen molar-refractivity contribution in [2.45, 2.75) is 59.5 Å². The first kappa shape index (κ1) is 12.0. The smallest absolute Gasteiger partial charge is 0.0119 e. The lowest BCUT2D eigenvalue weighted by atomic mass is 10.0. The van der Waals surface area contributed by atoms with Crippen molar-refractivity contribution in [1.29, 1.82) is 0 Å². The summed E-state index contributed by atoms with van der Waals surface area (Å²) in [5.41, 5.74) is 0. The van der Waals surface area contributed by atoms with Crippen LogP contribution in [0.1, 0.15) is 47.5 Å². The molecule has 0 N–H and O–H groups in total. The van der Waals surface area contributed by atoms with Crippen LogP contribution < -0.4 is 0 Å². The summed E-state index contributed by atoms with van der Waals surface area (Å²) in [5, 5.41) is 0. The Kier molecular flexibility index (Phi) is 5.56. The van der Waals surface area contributed by atoms with Crippen molar-refractivity contribution in [2.75, 3.05) is 7.05 Å². The van der Waals surface area contributed by atoms with Crippen molar-refractivity contribution in [3.8, 4) is 0 Å². The first-order valence-corrected chi connectivity index (χ1v) is 5.35. The lowest BCUT2D eigenvalue weighted by Crippen LogP contribution is -2.33. The van der Waals surface area contributed by atoms with Crippen LogP contribution in [0.25, 0.3) is 0 Å². The molecule has 0 bridgehead atoms. The summed E-state index contributed by atoms with van der Waals surface area (Å²) in [6.45, 7) is 11.0. The average Bonchev–Trinajstić information content (AvgIpc) is 2.37. The molecule has 2 unspecified atom stereocenters. The van der Waals surface area contributed by atoms with E-state index in [1.807, 2.05) is 13.8 Å². The fourth-order valence-corrected chi connectivity index (χ4v) is 1.95. The van der Waals surface area contributed by atoms with Crippen LogP contribution in [-0.4, -0.2) is 24.0 Å². The van der Waals surface area contributed by atoms with Crippen molar-refractivity contribution < 1.29 is 0 Å². The number of hydrogen-bond acceptors (Lipinski definition) is 1. The number of rotatable bonds is 1. The van der Waals surface area contributed by atoms with Gasteiger partial charge in [-0.05, 0) is 32.7 Å². The molecule has 0 aliphatic carbocycles. The van der Waals surface area contributed by atoms with E-state index in [0.717, 1.165) is 18.0 Å². The summed E-state index contributed by atoms with van der Waals surface area (Å²) in [6, 6.07) is 1.65. The molecule has 0 radical (unpaired) electrons. The van der Waals surface area contributed by atoms with Gasteiger partial charge in [-0.25, -0.2) is 0 Å². The molecule has 1 saturated heterocycles. The van der Waals surface area contributed by atoms with E-state index >= 15 is 0 Å². The molecule has 74 valence electrons. The third-order valence-corrected chi connectivity index (χ3v) is 2.87. The summed E-state index contributed by atoms with van der Waals surface area (Å²) in [6.07, 6.45) is 2.79. The van der Waals surface area contributed by atoms with E-state index in [2.05, 4.69) is 32.7 Å². The topological polar surface area (TPSA) is 3.24 Å². The van der Waals surface area contributed by atoms with E-state index in [1.54, 1.807) is 0 Å².